The van der Waals surface area contributed by atoms with Crippen molar-refractivity contribution in [2.24, 2.45) is 0 Å². The van der Waals surface area contributed by atoms with Crippen molar-refractivity contribution in [1.29, 1.82) is 0 Å². The van der Waals surface area contributed by atoms with Crippen LogP contribution in [0.2, 0.25) is 0 Å². The van der Waals surface area contributed by atoms with Gasteiger partial charge in [-0.05, 0) is 51.3 Å². The maximum Gasteiger partial charge on any atom is 0.0958 e. The molecule has 3 aromatic carbocycles. The van der Waals surface area contributed by atoms with Crippen molar-refractivity contribution >= 4 is 11.4 Å². The van der Waals surface area contributed by atoms with Crippen LogP contribution in [0.15, 0.2) is 84.9 Å². The van der Waals surface area contributed by atoms with Gasteiger partial charge in [-0.25, -0.2) is 0 Å². The van der Waals surface area contributed by atoms with Crippen LogP contribution in [0.25, 0.3) is 5.70 Å². The third-order valence-electron chi connectivity index (χ3n) is 6.06. The molecule has 4 rings (SSSR count). The summed E-state index contributed by atoms with van der Waals surface area (Å²) in [6.07, 6.45) is 2.33. The van der Waals surface area contributed by atoms with Crippen molar-refractivity contribution in [3.05, 3.63) is 107 Å². The topological polar surface area (TPSA) is 15.3 Å². The van der Waals surface area contributed by atoms with Gasteiger partial charge in [0.05, 0.1) is 17.4 Å². The van der Waals surface area contributed by atoms with Gasteiger partial charge in [-0.2, -0.15) is 0 Å². The van der Waals surface area contributed by atoms with E-state index in [0.717, 1.165) is 5.70 Å². The molecule has 3 aromatic rings. The highest BCUT2D eigenvalue weighted by Gasteiger charge is 2.27. The number of hydrogen-bond acceptors (Lipinski definition) is 2. The summed E-state index contributed by atoms with van der Waals surface area (Å²) in [6, 6.07) is 28.7. The van der Waals surface area contributed by atoms with Gasteiger partial charge in [0.1, 0.15) is 0 Å². The van der Waals surface area contributed by atoms with Gasteiger partial charge in [0.2, 0.25) is 0 Å². The van der Waals surface area contributed by atoms with E-state index in [1.54, 1.807) is 0 Å². The van der Waals surface area contributed by atoms with E-state index in [2.05, 4.69) is 137 Å². The molecule has 1 aliphatic heterocycles. The van der Waals surface area contributed by atoms with Crippen molar-refractivity contribution in [2.45, 2.75) is 58.4 Å². The second-order valence-corrected chi connectivity index (χ2v) is 10.5. The lowest BCUT2D eigenvalue weighted by atomic mass is 9.86. The van der Waals surface area contributed by atoms with Crippen molar-refractivity contribution < 1.29 is 0 Å². The van der Waals surface area contributed by atoms with Crippen LogP contribution in [-0.2, 0) is 10.8 Å². The van der Waals surface area contributed by atoms with Gasteiger partial charge in [0, 0.05) is 0 Å². The molecule has 1 N–H and O–H groups in total. The number of hydrogen-bond donors (Lipinski definition) is 1. The Hall–Kier alpha value is -3.00. The average Bonchev–Trinajstić information content (AvgIpc) is 3.19. The number of nitrogens with one attached hydrogen (secondary N) is 1. The van der Waals surface area contributed by atoms with Crippen LogP contribution >= 0.6 is 0 Å². The van der Waals surface area contributed by atoms with E-state index < -0.39 is 0 Å². The summed E-state index contributed by atoms with van der Waals surface area (Å²) >= 11 is 0. The fourth-order valence-electron chi connectivity index (χ4n) is 4.02. The first kappa shape index (κ1) is 21.2. The fraction of sp³-hybridized carbons (Fsp3) is 0.310. The molecule has 160 valence electrons. The van der Waals surface area contributed by atoms with E-state index in [0.29, 0.717) is 0 Å². The van der Waals surface area contributed by atoms with Gasteiger partial charge in [-0.3, -0.25) is 10.4 Å². The lowest BCUT2D eigenvalue weighted by Crippen LogP contribution is -2.34. The molecule has 0 aliphatic carbocycles. The van der Waals surface area contributed by atoms with Crippen LogP contribution in [0.1, 0.15) is 69.8 Å². The monoisotopic (exact) mass is 410 g/mol. The van der Waals surface area contributed by atoms with Gasteiger partial charge in [-0.15, -0.1) is 0 Å². The van der Waals surface area contributed by atoms with Gasteiger partial charge in [0.25, 0.3) is 0 Å². The molecule has 1 aliphatic rings. The number of benzene rings is 3. The third kappa shape index (κ3) is 4.54. The zero-order chi connectivity index (χ0) is 22.2. The Balaban J connectivity index is 1.68. The van der Waals surface area contributed by atoms with E-state index in [-0.39, 0.29) is 16.9 Å². The quantitative estimate of drug-likeness (QED) is 0.484. The Morgan fingerprint density at radius 1 is 0.645 bits per heavy atom. The minimum absolute atomic E-state index is 0.138. The predicted molar refractivity (Wildman–Crippen MR) is 133 cm³/mol. The minimum Gasteiger partial charge on any atom is -0.297 e. The normalized spacial score (nSPS) is 16.8. The van der Waals surface area contributed by atoms with Gasteiger partial charge < -0.3 is 0 Å². The lowest BCUT2D eigenvalue weighted by Gasteiger charge is -2.29. The predicted octanol–water partition coefficient (Wildman–Crippen LogP) is 7.39. The number of rotatable bonds is 3. The zero-order valence-corrected chi connectivity index (χ0v) is 19.6. The molecule has 1 atom stereocenters. The second-order valence-electron chi connectivity index (χ2n) is 10.5. The van der Waals surface area contributed by atoms with E-state index in [4.69, 9.17) is 0 Å². The summed E-state index contributed by atoms with van der Waals surface area (Å²) in [5.41, 5.74) is 11.5. The van der Waals surface area contributed by atoms with Crippen LogP contribution in [0.5, 0.6) is 0 Å². The average molecular weight is 411 g/mol. The molecule has 0 aromatic heterocycles. The van der Waals surface area contributed by atoms with Gasteiger partial charge in [-0.1, -0.05) is 108 Å². The number of nitrogens with zero attached hydrogens (tertiary/aromatic N) is 1. The van der Waals surface area contributed by atoms with E-state index in [1.165, 1.54) is 27.9 Å². The first-order valence-electron chi connectivity index (χ1n) is 11.2. The summed E-state index contributed by atoms with van der Waals surface area (Å²) < 4.78 is 0. The molecule has 1 heterocycles. The summed E-state index contributed by atoms with van der Waals surface area (Å²) in [5.74, 6) is 0. The smallest absolute Gasteiger partial charge is 0.0958 e. The first-order valence-corrected chi connectivity index (χ1v) is 11.2. The largest absolute Gasteiger partial charge is 0.297 e. The van der Waals surface area contributed by atoms with Crippen molar-refractivity contribution in [3.63, 3.8) is 0 Å². The Morgan fingerprint density at radius 2 is 1.16 bits per heavy atom. The summed E-state index contributed by atoms with van der Waals surface area (Å²) in [7, 11) is 0. The maximum atomic E-state index is 3.68. The highest BCUT2D eigenvalue weighted by Crippen LogP contribution is 2.36. The highest BCUT2D eigenvalue weighted by molar-refractivity contribution is 5.72. The first-order chi connectivity index (χ1) is 14.6. The molecule has 2 heteroatoms. The molecule has 0 radical (unpaired) electrons. The van der Waals surface area contributed by atoms with Gasteiger partial charge in [0.15, 0.2) is 0 Å². The highest BCUT2D eigenvalue weighted by atomic mass is 15.5. The molecule has 0 fully saturated rings. The van der Waals surface area contributed by atoms with Crippen molar-refractivity contribution in [1.82, 2.24) is 5.43 Å². The molecular formula is C29H34N2. The maximum absolute atomic E-state index is 3.68. The van der Waals surface area contributed by atoms with Crippen LogP contribution in [-0.4, -0.2) is 0 Å². The molecule has 0 spiro atoms. The summed E-state index contributed by atoms with van der Waals surface area (Å²) in [6.45, 7) is 13.5. The Kier molecular flexibility index (Phi) is 5.43. The van der Waals surface area contributed by atoms with E-state index in [1.807, 2.05) is 0 Å². The molecule has 1 unspecified atom stereocenters. The van der Waals surface area contributed by atoms with E-state index in [9.17, 15) is 0 Å². The SMILES string of the molecule is CC(C)(C)c1ccc(C2=CC(c3ccccc3)N(c3ccc(C(C)(C)C)cc3)N2)cc1. The summed E-state index contributed by atoms with van der Waals surface area (Å²) in [4.78, 5) is 0. The second kappa shape index (κ2) is 7.92. The van der Waals surface area contributed by atoms with Crippen LogP contribution in [0, 0.1) is 0 Å². The molecular weight excluding hydrogens is 376 g/mol. The van der Waals surface area contributed by atoms with Crippen molar-refractivity contribution in [3.8, 4) is 0 Å². The number of hydrazine groups is 1. The third-order valence-corrected chi connectivity index (χ3v) is 6.06. The van der Waals surface area contributed by atoms with Gasteiger partial charge >= 0.3 is 0 Å². The Morgan fingerprint density at radius 3 is 1.68 bits per heavy atom. The molecule has 2 nitrogen and oxygen atoms in total. The molecule has 0 saturated carbocycles. The van der Waals surface area contributed by atoms with E-state index >= 15 is 0 Å². The van der Waals surface area contributed by atoms with Crippen molar-refractivity contribution in [2.75, 3.05) is 5.01 Å². The standard InChI is InChI=1S/C29H34N2/c1-28(2,3)23-14-12-21(13-15-23)26-20-27(22-10-8-7-9-11-22)31(30-26)25-18-16-24(17-19-25)29(4,5)6/h7-20,27,30H,1-6H3. The molecule has 0 bridgehead atoms. The van der Waals surface area contributed by atoms with Crippen LogP contribution < -0.4 is 10.4 Å². The van der Waals surface area contributed by atoms with Crippen LogP contribution in [0.4, 0.5) is 5.69 Å². The fourth-order valence-corrected chi connectivity index (χ4v) is 4.02. The summed E-state index contributed by atoms with van der Waals surface area (Å²) in [5, 5.41) is 2.27. The molecule has 0 amide bonds. The molecule has 31 heavy (non-hydrogen) atoms. The molecule has 0 saturated heterocycles. The van der Waals surface area contributed by atoms with Crippen LogP contribution in [0.3, 0.4) is 0 Å². The zero-order valence-electron chi connectivity index (χ0n) is 19.6. The Bertz CT molecular complexity index is 1050. The number of anilines is 1. The lowest BCUT2D eigenvalue weighted by molar-refractivity contribution is 0.590. The minimum atomic E-state index is 0.138. The Labute approximate surface area is 187 Å².